The van der Waals surface area contributed by atoms with Crippen molar-refractivity contribution in [1.29, 1.82) is 0 Å². The molecule has 6 rings (SSSR count). The summed E-state index contributed by atoms with van der Waals surface area (Å²) in [5.41, 5.74) is -0.944. The zero-order valence-electron chi connectivity index (χ0n) is 26.3. The van der Waals surface area contributed by atoms with Crippen LogP contribution in [0.2, 0.25) is 0 Å². The maximum absolute atomic E-state index is 7.91. The van der Waals surface area contributed by atoms with E-state index in [1.54, 1.807) is 0 Å². The number of hydrogen-bond acceptors (Lipinski definition) is 2. The minimum absolute atomic E-state index is 0.446. The van der Waals surface area contributed by atoms with Crippen LogP contribution in [-0.4, -0.2) is 10.9 Å². The maximum atomic E-state index is 7.91. The molecule has 240 valence electrons. The topological polar surface area (TPSA) is 29.5 Å². The predicted octanol–water partition coefficient (Wildman–Crippen LogP) is 8.58. The van der Waals surface area contributed by atoms with E-state index in [0.717, 1.165) is 0 Å². The normalized spacial score (nSPS) is 10.3. The summed E-state index contributed by atoms with van der Waals surface area (Å²) in [6, 6.07) is 64.7. The molecule has 2 nitrogen and oxygen atoms in total. The number of rotatable bonds is 7. The van der Waals surface area contributed by atoms with Crippen molar-refractivity contribution in [2.24, 2.45) is 0 Å². The second kappa shape index (κ2) is 21.7. The first-order chi connectivity index (χ1) is 23.0. The molecule has 0 saturated carbocycles. The fourth-order valence-electron chi connectivity index (χ4n) is 4.38. The SMILES string of the molecule is [Br][Pt+].[C-]#CC(C)(C)OO.c1ccc(P(c2ccccc2)c2ccccc2)cc1.c1ccc(P(c2ccccc2)c2ccccc2)cc1. The van der Waals surface area contributed by atoms with Crippen LogP contribution < -0.4 is 31.8 Å². The molecule has 1 N–H and O–H groups in total. The van der Waals surface area contributed by atoms with Crippen molar-refractivity contribution in [3.05, 3.63) is 188 Å². The Bertz CT molecular complexity index is 1400. The Balaban J connectivity index is 0.000000205. The van der Waals surface area contributed by atoms with Crippen LogP contribution in [-0.2, 0) is 22.6 Å². The number of hydrogen-bond donors (Lipinski definition) is 1. The summed E-state index contributed by atoms with van der Waals surface area (Å²) < 4.78 is 0. The molecule has 6 aromatic carbocycles. The first-order valence-electron chi connectivity index (χ1n) is 14.8. The van der Waals surface area contributed by atoms with Gasteiger partial charge < -0.3 is 12.3 Å². The van der Waals surface area contributed by atoms with E-state index in [9.17, 15) is 0 Å². The molecule has 0 saturated heterocycles. The van der Waals surface area contributed by atoms with Gasteiger partial charge >= 0.3 is 31.1 Å². The summed E-state index contributed by atoms with van der Waals surface area (Å²) in [4.78, 5) is 3.79. The van der Waals surface area contributed by atoms with Crippen molar-refractivity contribution in [3.8, 4) is 5.92 Å². The van der Waals surface area contributed by atoms with Crippen molar-refractivity contribution < 1.29 is 27.9 Å². The van der Waals surface area contributed by atoms with Crippen LogP contribution in [0, 0.1) is 12.3 Å². The van der Waals surface area contributed by atoms with Gasteiger partial charge in [-0.2, -0.15) is 0 Å². The van der Waals surface area contributed by atoms with Crippen LogP contribution in [0.4, 0.5) is 0 Å². The van der Waals surface area contributed by atoms with Gasteiger partial charge in [0.15, 0.2) is 0 Å². The van der Waals surface area contributed by atoms with Gasteiger partial charge in [0.05, 0.1) is 0 Å². The average molecular weight is 899 g/mol. The van der Waals surface area contributed by atoms with E-state index >= 15 is 0 Å². The van der Waals surface area contributed by atoms with Gasteiger partial charge in [-0.1, -0.05) is 182 Å². The molecule has 0 aromatic heterocycles. The van der Waals surface area contributed by atoms with Gasteiger partial charge in [0, 0.05) is 0 Å². The predicted molar refractivity (Wildman–Crippen MR) is 204 cm³/mol. The van der Waals surface area contributed by atoms with E-state index < -0.39 is 21.4 Å². The largest absolute Gasteiger partial charge is 0.691 e. The minimum Gasteiger partial charge on any atom is -0.691 e. The minimum atomic E-state index is -0.944. The van der Waals surface area contributed by atoms with Crippen molar-refractivity contribution in [2.75, 3.05) is 0 Å². The molecule has 0 bridgehead atoms. The van der Waals surface area contributed by atoms with Crippen molar-refractivity contribution in [1.82, 2.24) is 0 Å². The third-order valence-electron chi connectivity index (χ3n) is 6.62. The van der Waals surface area contributed by atoms with E-state index in [1.165, 1.54) is 45.7 Å². The van der Waals surface area contributed by atoms with Gasteiger partial charge in [0.1, 0.15) is 5.60 Å². The molecule has 0 aliphatic rings. The molecule has 0 amide bonds. The molecule has 0 heterocycles. The van der Waals surface area contributed by atoms with E-state index in [-0.39, 0.29) is 0 Å². The molecule has 0 atom stereocenters. The van der Waals surface area contributed by atoms with E-state index in [2.05, 4.69) is 200 Å². The van der Waals surface area contributed by atoms with Gasteiger partial charge in [-0.3, -0.25) is 5.26 Å². The van der Waals surface area contributed by atoms with Crippen LogP contribution in [0.15, 0.2) is 182 Å². The first kappa shape index (κ1) is 38.3. The molecular formula is C41H37BrO2P2Pt. The molecule has 47 heavy (non-hydrogen) atoms. The van der Waals surface area contributed by atoms with Gasteiger partial charge in [-0.25, -0.2) is 4.89 Å². The van der Waals surface area contributed by atoms with Crippen LogP contribution >= 0.6 is 29.1 Å². The number of halogens is 1. The number of benzene rings is 6. The summed E-state index contributed by atoms with van der Waals surface area (Å²) in [6.45, 7) is 3.06. The molecule has 0 aliphatic carbocycles. The zero-order chi connectivity index (χ0) is 33.7. The van der Waals surface area contributed by atoms with Crippen molar-refractivity contribution >= 4 is 61.0 Å². The van der Waals surface area contributed by atoms with Gasteiger partial charge in [0.2, 0.25) is 0 Å². The van der Waals surface area contributed by atoms with Crippen LogP contribution in [0.3, 0.4) is 0 Å². The van der Waals surface area contributed by atoms with Crippen LogP contribution in [0.25, 0.3) is 0 Å². The zero-order valence-corrected chi connectivity index (χ0v) is 31.9. The van der Waals surface area contributed by atoms with E-state index in [4.69, 9.17) is 11.7 Å². The van der Waals surface area contributed by atoms with Crippen LogP contribution in [0.5, 0.6) is 0 Å². The first-order valence-corrected chi connectivity index (χ1v) is 22.5. The average Bonchev–Trinajstić information content (AvgIpc) is 3.16. The van der Waals surface area contributed by atoms with E-state index in [1.807, 2.05) is 23.7 Å². The van der Waals surface area contributed by atoms with Crippen molar-refractivity contribution in [3.63, 3.8) is 0 Å². The monoisotopic (exact) mass is 897 g/mol. The molecule has 0 spiro atoms. The molecule has 0 aliphatic heterocycles. The Morgan fingerprint density at radius 2 is 0.638 bits per heavy atom. The standard InChI is InChI=1S/2C18H15P.C5H7O2.BrH.Pt/c2*1-4-10-16(11-5-1)19(17-12-6-2-7-13-17)18-14-8-3-9-15-18;1-4-5(2,3)7-6;;/h2*1-15H;6H,2-3H3;1H;/q;;-1;;+2/p-1. The van der Waals surface area contributed by atoms with Gasteiger partial charge in [-0.05, 0) is 61.5 Å². The summed E-state index contributed by atoms with van der Waals surface area (Å²) in [7, 11) is -0.892. The Hall–Kier alpha value is -3.17. The van der Waals surface area contributed by atoms with Crippen LogP contribution in [0.1, 0.15) is 13.8 Å². The molecule has 6 heteroatoms. The fraction of sp³-hybridized carbons (Fsp3) is 0.0732. The molecule has 6 aromatic rings. The maximum Gasteiger partial charge on any atom is 0.120 e. The molecule has 0 unspecified atom stereocenters. The third-order valence-corrected chi connectivity index (χ3v) is 11.5. The quantitative estimate of drug-likeness (QED) is 0.0573. The molecular weight excluding hydrogens is 861 g/mol. The summed E-state index contributed by atoms with van der Waals surface area (Å²) in [5.74, 6) is 1.97. The molecule has 0 radical (unpaired) electrons. The summed E-state index contributed by atoms with van der Waals surface area (Å²) >= 11 is 4.86. The van der Waals surface area contributed by atoms with Gasteiger partial charge in [0.25, 0.3) is 0 Å². The summed E-state index contributed by atoms with van der Waals surface area (Å²) in [6.07, 6.45) is 6.47. The van der Waals surface area contributed by atoms with E-state index in [0.29, 0.717) is 0 Å². The second-order valence-corrected chi connectivity index (χ2v) is 14.9. The Morgan fingerprint density at radius 1 is 0.468 bits per heavy atom. The fourth-order valence-corrected chi connectivity index (χ4v) is 8.99. The van der Waals surface area contributed by atoms with Crippen molar-refractivity contribution in [2.45, 2.75) is 19.4 Å². The Labute approximate surface area is 300 Å². The third kappa shape index (κ3) is 12.8. The second-order valence-electron chi connectivity index (χ2n) is 10.4. The Morgan fingerprint density at radius 3 is 0.745 bits per heavy atom. The van der Waals surface area contributed by atoms with Gasteiger partial charge in [-0.15, -0.1) is 0 Å². The molecule has 0 fully saturated rings. The Kier molecular flexibility index (Phi) is 17.6. The smallest absolute Gasteiger partial charge is 0.120 e. The summed E-state index contributed by atoms with van der Waals surface area (Å²) in [5, 5.41) is 16.3.